The van der Waals surface area contributed by atoms with Gasteiger partial charge in [-0.2, -0.15) is 0 Å². The largest absolute Gasteiger partial charge is 0.466 e. The first kappa shape index (κ1) is 24.4. The molecule has 1 aliphatic rings. The summed E-state index contributed by atoms with van der Waals surface area (Å²) in [5.74, 6) is -0.196. The van der Waals surface area contributed by atoms with Crippen LogP contribution in [-0.2, 0) is 19.6 Å². The number of benzene rings is 2. The predicted molar refractivity (Wildman–Crippen MR) is 124 cm³/mol. The number of carbonyl (C=O) groups is 2. The highest BCUT2D eigenvalue weighted by molar-refractivity contribution is 7.92. The number of amides is 1. The first-order valence-electron chi connectivity index (χ1n) is 10.2. The number of sulfonamides is 1. The lowest BCUT2D eigenvalue weighted by Gasteiger charge is -2.22. The van der Waals surface area contributed by atoms with Crippen LogP contribution in [0.25, 0.3) is 0 Å². The van der Waals surface area contributed by atoms with E-state index in [9.17, 15) is 18.0 Å². The zero-order valence-corrected chi connectivity index (χ0v) is 19.8. The molecule has 2 aromatic rings. The van der Waals surface area contributed by atoms with E-state index >= 15 is 0 Å². The maximum Gasteiger partial charge on any atom is 0.307 e. The lowest BCUT2D eigenvalue weighted by molar-refractivity contribution is -0.143. The molecule has 10 heteroatoms. The van der Waals surface area contributed by atoms with Crippen molar-refractivity contribution in [3.8, 4) is 0 Å². The van der Waals surface area contributed by atoms with Gasteiger partial charge in [0.15, 0.2) is 0 Å². The van der Waals surface area contributed by atoms with E-state index in [4.69, 9.17) is 27.9 Å². The predicted octanol–water partition coefficient (Wildman–Crippen LogP) is 4.60. The van der Waals surface area contributed by atoms with Crippen LogP contribution in [0.4, 0.5) is 5.69 Å². The minimum Gasteiger partial charge on any atom is -0.466 e. The van der Waals surface area contributed by atoms with E-state index in [1.165, 1.54) is 24.3 Å². The van der Waals surface area contributed by atoms with Crippen molar-refractivity contribution in [1.29, 1.82) is 0 Å². The van der Waals surface area contributed by atoms with Crippen molar-refractivity contribution in [2.75, 3.05) is 24.4 Å². The summed E-state index contributed by atoms with van der Waals surface area (Å²) in [4.78, 5) is 26.4. The van der Waals surface area contributed by atoms with Gasteiger partial charge < -0.3 is 9.64 Å². The Morgan fingerprint density at radius 1 is 1.12 bits per heavy atom. The molecule has 0 saturated heterocycles. The lowest BCUT2D eigenvalue weighted by Crippen LogP contribution is -2.35. The Hall–Kier alpha value is -2.29. The molecule has 172 valence electrons. The summed E-state index contributed by atoms with van der Waals surface area (Å²) >= 11 is 11.8. The second kappa shape index (κ2) is 10.6. The number of ether oxygens (including phenoxy) is 1. The average molecular weight is 499 g/mol. The standard InChI is InChI=1S/C22H24Cl2N2O5S/c1-2-31-21(27)10-11-26(14-15-6-7-15)22(28)16-4-3-5-17(12-16)25-32(29,30)18-8-9-19(23)20(24)13-18/h3-5,8-9,12-13,15,25H,2,6-7,10-11,14H2,1H3. The van der Waals surface area contributed by atoms with Crippen molar-refractivity contribution in [2.45, 2.75) is 31.1 Å². The van der Waals surface area contributed by atoms with Crippen molar-refractivity contribution < 1.29 is 22.7 Å². The Kier molecular flexibility index (Phi) is 8.03. The van der Waals surface area contributed by atoms with Gasteiger partial charge in [-0.3, -0.25) is 14.3 Å². The molecule has 0 radical (unpaired) electrons. The fourth-order valence-corrected chi connectivity index (χ4v) is 4.54. The summed E-state index contributed by atoms with van der Waals surface area (Å²) in [7, 11) is -3.93. The molecule has 3 rings (SSSR count). The van der Waals surface area contributed by atoms with Gasteiger partial charge in [-0.05, 0) is 62.1 Å². The molecule has 0 spiro atoms. The number of hydrogen-bond donors (Lipinski definition) is 1. The van der Waals surface area contributed by atoms with E-state index in [-0.39, 0.29) is 52.1 Å². The molecule has 0 bridgehead atoms. The SMILES string of the molecule is CCOC(=O)CCN(CC1CC1)C(=O)c1cccc(NS(=O)(=O)c2ccc(Cl)c(Cl)c2)c1. The average Bonchev–Trinajstić information content (AvgIpc) is 3.56. The highest BCUT2D eigenvalue weighted by atomic mass is 35.5. The van der Waals surface area contributed by atoms with Crippen LogP contribution < -0.4 is 4.72 Å². The van der Waals surface area contributed by atoms with Gasteiger partial charge in [-0.25, -0.2) is 8.42 Å². The third kappa shape index (κ3) is 6.60. The number of halogens is 2. The summed E-state index contributed by atoms with van der Waals surface area (Å²) in [6, 6.07) is 10.2. The first-order valence-corrected chi connectivity index (χ1v) is 12.5. The van der Waals surface area contributed by atoms with E-state index in [1.54, 1.807) is 30.0 Å². The van der Waals surface area contributed by atoms with Gasteiger partial charge in [0.05, 0.1) is 28.0 Å². The number of anilines is 1. The van der Waals surface area contributed by atoms with E-state index in [0.29, 0.717) is 18.0 Å². The van der Waals surface area contributed by atoms with Crippen molar-refractivity contribution >= 4 is 50.8 Å². The van der Waals surface area contributed by atoms with E-state index in [2.05, 4.69) is 4.72 Å². The molecular weight excluding hydrogens is 475 g/mol. The van der Waals surface area contributed by atoms with Crippen LogP contribution in [0, 0.1) is 5.92 Å². The summed E-state index contributed by atoms with van der Waals surface area (Å²) in [6.45, 7) is 2.82. The molecule has 1 fully saturated rings. The topological polar surface area (TPSA) is 92.8 Å². The maximum absolute atomic E-state index is 13.1. The molecule has 2 aromatic carbocycles. The zero-order valence-electron chi connectivity index (χ0n) is 17.5. The third-order valence-corrected chi connectivity index (χ3v) is 7.03. The summed E-state index contributed by atoms with van der Waals surface area (Å²) in [6.07, 6.45) is 2.20. The molecule has 32 heavy (non-hydrogen) atoms. The normalized spacial score (nSPS) is 13.5. The van der Waals surface area contributed by atoms with Crippen LogP contribution in [0.5, 0.6) is 0 Å². The Balaban J connectivity index is 1.75. The monoisotopic (exact) mass is 498 g/mol. The number of esters is 1. The van der Waals surface area contributed by atoms with Crippen LogP contribution in [0.3, 0.4) is 0 Å². The smallest absolute Gasteiger partial charge is 0.307 e. The van der Waals surface area contributed by atoms with Crippen LogP contribution in [0.2, 0.25) is 10.0 Å². The maximum atomic E-state index is 13.1. The molecule has 0 aromatic heterocycles. The van der Waals surface area contributed by atoms with Crippen LogP contribution in [0.15, 0.2) is 47.4 Å². The van der Waals surface area contributed by atoms with Gasteiger partial charge in [0.25, 0.3) is 15.9 Å². The summed E-state index contributed by atoms with van der Waals surface area (Å²) in [5, 5.41) is 0.368. The Morgan fingerprint density at radius 2 is 1.88 bits per heavy atom. The molecule has 0 atom stereocenters. The zero-order chi connectivity index (χ0) is 23.3. The fourth-order valence-electron chi connectivity index (χ4n) is 3.10. The van der Waals surface area contributed by atoms with E-state index in [0.717, 1.165) is 12.8 Å². The van der Waals surface area contributed by atoms with E-state index < -0.39 is 10.0 Å². The molecule has 1 amide bonds. The Bertz CT molecular complexity index is 1100. The van der Waals surface area contributed by atoms with Crippen LogP contribution >= 0.6 is 23.2 Å². The first-order chi connectivity index (χ1) is 15.2. The quantitative estimate of drug-likeness (QED) is 0.483. The van der Waals surface area contributed by atoms with Crippen molar-refractivity contribution in [3.63, 3.8) is 0 Å². The highest BCUT2D eigenvalue weighted by Gasteiger charge is 2.28. The minimum atomic E-state index is -3.93. The van der Waals surface area contributed by atoms with Gasteiger partial charge in [0.2, 0.25) is 0 Å². The van der Waals surface area contributed by atoms with Gasteiger partial charge in [0.1, 0.15) is 0 Å². The van der Waals surface area contributed by atoms with Gasteiger partial charge in [-0.1, -0.05) is 29.3 Å². The Morgan fingerprint density at radius 3 is 2.53 bits per heavy atom. The van der Waals surface area contributed by atoms with E-state index in [1.807, 2.05) is 0 Å². The number of hydrogen-bond acceptors (Lipinski definition) is 5. The molecule has 0 heterocycles. The van der Waals surface area contributed by atoms with Crippen molar-refractivity contribution in [1.82, 2.24) is 4.90 Å². The second-order valence-corrected chi connectivity index (χ2v) is 10.0. The van der Waals surface area contributed by atoms with Crippen LogP contribution in [-0.4, -0.2) is 44.9 Å². The highest BCUT2D eigenvalue weighted by Crippen LogP contribution is 2.30. The van der Waals surface area contributed by atoms with Gasteiger partial charge in [-0.15, -0.1) is 0 Å². The summed E-state index contributed by atoms with van der Waals surface area (Å²) in [5.41, 5.74) is 0.558. The Labute approximate surface area is 197 Å². The molecule has 0 unspecified atom stereocenters. The van der Waals surface area contributed by atoms with Crippen LogP contribution in [0.1, 0.15) is 36.5 Å². The number of carbonyl (C=O) groups excluding carboxylic acids is 2. The van der Waals surface area contributed by atoms with Gasteiger partial charge in [0, 0.05) is 24.3 Å². The third-order valence-electron chi connectivity index (χ3n) is 4.92. The minimum absolute atomic E-state index is 0.0478. The molecule has 1 saturated carbocycles. The molecular formula is C22H24Cl2N2O5S. The fraction of sp³-hybridized carbons (Fsp3) is 0.364. The van der Waals surface area contributed by atoms with Crippen molar-refractivity contribution in [3.05, 3.63) is 58.1 Å². The molecule has 7 nitrogen and oxygen atoms in total. The molecule has 0 aliphatic heterocycles. The molecule has 1 aliphatic carbocycles. The lowest BCUT2D eigenvalue weighted by atomic mass is 10.1. The number of nitrogens with zero attached hydrogens (tertiary/aromatic N) is 1. The molecule has 1 N–H and O–H groups in total. The number of nitrogens with one attached hydrogen (secondary N) is 1. The van der Waals surface area contributed by atoms with Gasteiger partial charge >= 0.3 is 5.97 Å². The van der Waals surface area contributed by atoms with Crippen molar-refractivity contribution in [2.24, 2.45) is 5.92 Å². The summed E-state index contributed by atoms with van der Waals surface area (Å²) < 4.78 is 32.8. The second-order valence-electron chi connectivity index (χ2n) is 7.51. The number of rotatable bonds is 10.